The zero-order valence-corrected chi connectivity index (χ0v) is 16.9. The summed E-state index contributed by atoms with van der Waals surface area (Å²) in [6.45, 7) is 6.55. The second-order valence-electron chi connectivity index (χ2n) is 7.16. The average Bonchev–Trinajstić information content (AvgIpc) is 3.12. The van der Waals surface area contributed by atoms with Crippen molar-refractivity contribution in [1.29, 1.82) is 0 Å². The Hall–Kier alpha value is -2.63. The molecule has 6 nitrogen and oxygen atoms in total. The quantitative estimate of drug-likeness (QED) is 0.714. The number of amides is 2. The minimum Gasteiger partial charge on any atom is -0.351 e. The number of hydrogen-bond acceptors (Lipinski definition) is 3. The number of rotatable bonds is 8. The highest BCUT2D eigenvalue weighted by atomic mass is 16.2. The molecule has 0 saturated heterocycles. The maximum atomic E-state index is 12.8. The summed E-state index contributed by atoms with van der Waals surface area (Å²) in [5, 5.41) is 2.99. The molecule has 0 fully saturated rings. The van der Waals surface area contributed by atoms with Crippen LogP contribution in [0.15, 0.2) is 30.3 Å². The highest BCUT2D eigenvalue weighted by Crippen LogP contribution is 2.22. The third-order valence-electron chi connectivity index (χ3n) is 5.35. The molecule has 150 valence electrons. The van der Waals surface area contributed by atoms with E-state index in [0.717, 1.165) is 44.3 Å². The van der Waals surface area contributed by atoms with Crippen LogP contribution in [0.4, 0.5) is 0 Å². The number of nitrogens with zero attached hydrogens (tertiary/aromatic N) is 3. The van der Waals surface area contributed by atoms with E-state index in [2.05, 4.69) is 22.4 Å². The molecule has 2 amide bonds. The van der Waals surface area contributed by atoms with Crippen LogP contribution in [-0.2, 0) is 19.4 Å². The van der Waals surface area contributed by atoms with Crippen LogP contribution < -0.4 is 5.32 Å². The Morgan fingerprint density at radius 1 is 1.14 bits per heavy atom. The second kappa shape index (κ2) is 9.53. The number of hydrogen-bond donors (Lipinski definition) is 1. The third-order valence-corrected chi connectivity index (χ3v) is 5.35. The van der Waals surface area contributed by atoms with E-state index in [9.17, 15) is 9.59 Å². The van der Waals surface area contributed by atoms with Crippen LogP contribution in [0.2, 0.25) is 0 Å². The summed E-state index contributed by atoms with van der Waals surface area (Å²) in [5.41, 5.74) is 2.60. The Morgan fingerprint density at radius 2 is 1.89 bits per heavy atom. The molecule has 2 heterocycles. The van der Waals surface area contributed by atoms with E-state index in [4.69, 9.17) is 0 Å². The van der Waals surface area contributed by atoms with E-state index in [1.165, 1.54) is 5.56 Å². The molecule has 0 atom stereocenters. The molecule has 6 heteroatoms. The molecule has 0 saturated carbocycles. The summed E-state index contributed by atoms with van der Waals surface area (Å²) in [6.07, 6.45) is 4.63. The predicted molar refractivity (Wildman–Crippen MR) is 110 cm³/mol. The molecular formula is C22H30N4O2. The van der Waals surface area contributed by atoms with Gasteiger partial charge in [0.2, 0.25) is 0 Å². The standard InChI is InChI=1S/C22H30N4O2/c1-3-25(4-2)22(28)20-24-19(18-14-8-9-16-26(18)20)21(27)23-15-10-13-17-11-6-5-7-12-17/h5-7,11-12H,3-4,8-10,13-16H2,1-2H3,(H,23,27). The van der Waals surface area contributed by atoms with Crippen molar-refractivity contribution < 1.29 is 9.59 Å². The lowest BCUT2D eigenvalue weighted by atomic mass is 10.1. The number of carbonyl (C=O) groups excluding carboxylic acids is 2. The molecule has 28 heavy (non-hydrogen) atoms. The number of fused-ring (bicyclic) bond motifs is 1. The van der Waals surface area contributed by atoms with E-state index in [-0.39, 0.29) is 11.8 Å². The number of aromatic nitrogens is 2. The number of imidazole rings is 1. The highest BCUT2D eigenvalue weighted by Gasteiger charge is 2.28. The van der Waals surface area contributed by atoms with Gasteiger partial charge in [0.1, 0.15) is 5.69 Å². The van der Waals surface area contributed by atoms with Crippen LogP contribution >= 0.6 is 0 Å². The first-order valence-electron chi connectivity index (χ1n) is 10.4. The van der Waals surface area contributed by atoms with Gasteiger partial charge in [0.25, 0.3) is 11.8 Å². The van der Waals surface area contributed by atoms with Crippen LogP contribution in [-0.4, -0.2) is 45.9 Å². The monoisotopic (exact) mass is 382 g/mol. The molecule has 0 bridgehead atoms. The van der Waals surface area contributed by atoms with Gasteiger partial charge in [-0.25, -0.2) is 4.98 Å². The zero-order valence-electron chi connectivity index (χ0n) is 16.9. The van der Waals surface area contributed by atoms with Crippen molar-refractivity contribution in [2.75, 3.05) is 19.6 Å². The van der Waals surface area contributed by atoms with Crippen molar-refractivity contribution in [2.45, 2.75) is 52.5 Å². The summed E-state index contributed by atoms with van der Waals surface area (Å²) in [5.74, 6) is 0.154. The lowest BCUT2D eigenvalue weighted by Gasteiger charge is -2.21. The van der Waals surface area contributed by atoms with Gasteiger partial charge in [-0.15, -0.1) is 0 Å². The molecule has 0 aliphatic carbocycles. The largest absolute Gasteiger partial charge is 0.351 e. The topological polar surface area (TPSA) is 67.2 Å². The molecule has 1 aromatic carbocycles. The molecule has 0 spiro atoms. The molecular weight excluding hydrogens is 352 g/mol. The molecule has 0 radical (unpaired) electrons. The summed E-state index contributed by atoms with van der Waals surface area (Å²) in [4.78, 5) is 31.9. The van der Waals surface area contributed by atoms with Crippen LogP contribution in [0.3, 0.4) is 0 Å². The van der Waals surface area contributed by atoms with E-state index in [0.29, 0.717) is 31.2 Å². The van der Waals surface area contributed by atoms with Gasteiger partial charge in [-0.3, -0.25) is 9.59 Å². The SMILES string of the molecule is CCN(CC)C(=O)c1nc(C(=O)NCCCc2ccccc2)c2n1CCCC2. The molecule has 2 aromatic rings. The zero-order chi connectivity index (χ0) is 19.9. The van der Waals surface area contributed by atoms with Gasteiger partial charge in [0.15, 0.2) is 5.82 Å². The molecule has 1 aromatic heterocycles. The van der Waals surface area contributed by atoms with Crippen molar-refractivity contribution >= 4 is 11.8 Å². The van der Waals surface area contributed by atoms with Gasteiger partial charge < -0.3 is 14.8 Å². The van der Waals surface area contributed by atoms with E-state index in [1.807, 2.05) is 36.6 Å². The maximum Gasteiger partial charge on any atom is 0.289 e. The number of aryl methyl sites for hydroxylation is 1. The molecule has 0 unspecified atom stereocenters. The minimum atomic E-state index is -0.169. The average molecular weight is 383 g/mol. The van der Waals surface area contributed by atoms with Crippen molar-refractivity contribution in [3.05, 3.63) is 53.1 Å². The van der Waals surface area contributed by atoms with E-state index in [1.54, 1.807) is 4.90 Å². The summed E-state index contributed by atoms with van der Waals surface area (Å²) in [6, 6.07) is 10.3. The third kappa shape index (κ3) is 4.43. The second-order valence-corrected chi connectivity index (χ2v) is 7.16. The molecule has 1 aliphatic rings. The Morgan fingerprint density at radius 3 is 2.61 bits per heavy atom. The first kappa shape index (κ1) is 20.1. The maximum absolute atomic E-state index is 12.8. The van der Waals surface area contributed by atoms with Crippen molar-refractivity contribution in [3.63, 3.8) is 0 Å². The normalized spacial score (nSPS) is 13.1. The van der Waals surface area contributed by atoms with E-state index >= 15 is 0 Å². The van der Waals surface area contributed by atoms with Crippen LogP contribution in [0, 0.1) is 0 Å². The first-order valence-corrected chi connectivity index (χ1v) is 10.4. The lowest BCUT2D eigenvalue weighted by Crippen LogP contribution is -2.33. The van der Waals surface area contributed by atoms with Gasteiger partial charge in [0.05, 0.1) is 5.69 Å². The predicted octanol–water partition coefficient (Wildman–Crippen LogP) is 3.06. The van der Waals surface area contributed by atoms with Crippen LogP contribution in [0.5, 0.6) is 0 Å². The van der Waals surface area contributed by atoms with Gasteiger partial charge in [-0.1, -0.05) is 30.3 Å². The fourth-order valence-electron chi connectivity index (χ4n) is 3.76. The van der Waals surface area contributed by atoms with Gasteiger partial charge in [-0.05, 0) is 51.5 Å². The Balaban J connectivity index is 1.68. The smallest absolute Gasteiger partial charge is 0.289 e. The lowest BCUT2D eigenvalue weighted by molar-refractivity contribution is 0.0754. The summed E-state index contributed by atoms with van der Waals surface area (Å²) >= 11 is 0. The fourth-order valence-corrected chi connectivity index (χ4v) is 3.76. The Labute approximate surface area is 166 Å². The Kier molecular flexibility index (Phi) is 6.85. The minimum absolute atomic E-state index is 0.0868. The molecule has 1 aliphatic heterocycles. The van der Waals surface area contributed by atoms with Crippen molar-refractivity contribution in [2.24, 2.45) is 0 Å². The Bertz CT molecular complexity index is 809. The van der Waals surface area contributed by atoms with Crippen LogP contribution in [0.25, 0.3) is 0 Å². The van der Waals surface area contributed by atoms with Gasteiger partial charge >= 0.3 is 0 Å². The summed E-state index contributed by atoms with van der Waals surface area (Å²) in [7, 11) is 0. The number of benzene rings is 1. The van der Waals surface area contributed by atoms with Crippen LogP contribution in [0.1, 0.15) is 65.5 Å². The number of nitrogens with one attached hydrogen (secondary N) is 1. The van der Waals surface area contributed by atoms with Gasteiger partial charge in [-0.2, -0.15) is 0 Å². The fraction of sp³-hybridized carbons (Fsp3) is 0.500. The first-order chi connectivity index (χ1) is 13.7. The molecule has 1 N–H and O–H groups in total. The van der Waals surface area contributed by atoms with E-state index < -0.39 is 0 Å². The van der Waals surface area contributed by atoms with Gasteiger partial charge in [0, 0.05) is 26.2 Å². The van der Waals surface area contributed by atoms with Crippen molar-refractivity contribution in [1.82, 2.24) is 19.8 Å². The van der Waals surface area contributed by atoms with Crippen molar-refractivity contribution in [3.8, 4) is 0 Å². The highest BCUT2D eigenvalue weighted by molar-refractivity contribution is 5.97. The molecule has 3 rings (SSSR count). The summed E-state index contributed by atoms with van der Waals surface area (Å²) < 4.78 is 1.96. The number of carbonyl (C=O) groups is 2.